The van der Waals surface area contributed by atoms with Gasteiger partial charge in [0.15, 0.2) is 0 Å². The molecule has 4 heteroatoms. The summed E-state index contributed by atoms with van der Waals surface area (Å²) >= 11 is 17.6. The Balaban J connectivity index is 3.34. The topological polar surface area (TPSA) is 23.8 Å². The third-order valence-corrected chi connectivity index (χ3v) is 2.71. The molecule has 0 heterocycles. The van der Waals surface area contributed by atoms with Crippen LogP contribution < -0.4 is 0 Å². The van der Waals surface area contributed by atoms with Crippen molar-refractivity contribution < 1.29 is 0 Å². The van der Waals surface area contributed by atoms with Gasteiger partial charge in [-0.25, -0.2) is 0 Å². The summed E-state index contributed by atoms with van der Waals surface area (Å²) < 4.78 is 0. The number of hydrogen-bond donors (Lipinski definition) is 0. The van der Waals surface area contributed by atoms with Crippen molar-refractivity contribution in [2.24, 2.45) is 0 Å². The highest BCUT2D eigenvalue weighted by molar-refractivity contribution is 6.51. The van der Waals surface area contributed by atoms with E-state index in [-0.39, 0.29) is 0 Å². The van der Waals surface area contributed by atoms with Crippen LogP contribution in [0.5, 0.6) is 0 Å². The molecule has 0 radical (unpaired) electrons. The smallest absolute Gasteiger partial charge is 0.0959 e. The standard InChI is InChI=1S/C10H6Cl3N/c1-6(5-14)10(13)8-4-7(11)2-3-9(8)12/h2-4H,1H3. The van der Waals surface area contributed by atoms with E-state index in [1.54, 1.807) is 25.1 Å². The summed E-state index contributed by atoms with van der Waals surface area (Å²) in [7, 11) is 0. The minimum absolute atomic E-state index is 0.333. The van der Waals surface area contributed by atoms with Crippen LogP contribution in [0.4, 0.5) is 0 Å². The number of allylic oxidation sites excluding steroid dienone is 1. The molecule has 0 aliphatic heterocycles. The zero-order chi connectivity index (χ0) is 10.7. The SMILES string of the molecule is CC(C#N)=C(Cl)c1cc(Cl)ccc1Cl. The number of halogens is 3. The van der Waals surface area contributed by atoms with Gasteiger partial charge in [0.1, 0.15) is 0 Å². The molecular weight excluding hydrogens is 240 g/mol. The number of hydrogen-bond acceptors (Lipinski definition) is 1. The number of nitrogens with zero attached hydrogens (tertiary/aromatic N) is 1. The lowest BCUT2D eigenvalue weighted by atomic mass is 10.1. The molecule has 0 N–H and O–H groups in total. The fourth-order valence-electron chi connectivity index (χ4n) is 0.917. The average molecular weight is 247 g/mol. The summed E-state index contributed by atoms with van der Waals surface area (Å²) in [6.07, 6.45) is 0. The molecule has 1 rings (SSSR count). The normalized spacial score (nSPS) is 11.9. The summed E-state index contributed by atoms with van der Waals surface area (Å²) in [6.45, 7) is 1.62. The van der Waals surface area contributed by atoms with E-state index < -0.39 is 0 Å². The molecule has 72 valence electrons. The van der Waals surface area contributed by atoms with E-state index in [0.29, 0.717) is 26.2 Å². The molecule has 0 fully saturated rings. The minimum Gasteiger partial charge on any atom is -0.193 e. The molecule has 0 bridgehead atoms. The largest absolute Gasteiger partial charge is 0.193 e. The highest BCUT2D eigenvalue weighted by atomic mass is 35.5. The van der Waals surface area contributed by atoms with Gasteiger partial charge in [0, 0.05) is 21.2 Å². The van der Waals surface area contributed by atoms with E-state index in [0.717, 1.165) is 0 Å². The zero-order valence-electron chi connectivity index (χ0n) is 7.31. The third kappa shape index (κ3) is 2.42. The first-order chi connectivity index (χ1) is 6.56. The summed E-state index contributed by atoms with van der Waals surface area (Å²) in [4.78, 5) is 0. The van der Waals surface area contributed by atoms with Crippen molar-refractivity contribution in [2.45, 2.75) is 6.92 Å². The van der Waals surface area contributed by atoms with Crippen molar-refractivity contribution in [3.05, 3.63) is 39.4 Å². The van der Waals surface area contributed by atoms with Gasteiger partial charge in [0.2, 0.25) is 0 Å². The van der Waals surface area contributed by atoms with Gasteiger partial charge in [-0.15, -0.1) is 0 Å². The first kappa shape index (κ1) is 11.4. The summed E-state index contributed by atoms with van der Waals surface area (Å²) in [6, 6.07) is 6.90. The zero-order valence-corrected chi connectivity index (χ0v) is 9.58. The minimum atomic E-state index is 0.333. The van der Waals surface area contributed by atoms with Crippen molar-refractivity contribution >= 4 is 39.8 Å². The van der Waals surface area contributed by atoms with Crippen LogP contribution >= 0.6 is 34.8 Å². The first-order valence-corrected chi connectivity index (χ1v) is 4.91. The molecule has 0 saturated heterocycles. The second kappa shape index (κ2) is 4.70. The van der Waals surface area contributed by atoms with Crippen molar-refractivity contribution in [2.75, 3.05) is 0 Å². The fourth-order valence-corrected chi connectivity index (χ4v) is 1.55. The van der Waals surface area contributed by atoms with Gasteiger partial charge in [0.25, 0.3) is 0 Å². The van der Waals surface area contributed by atoms with Crippen molar-refractivity contribution in [3.63, 3.8) is 0 Å². The molecule has 0 amide bonds. The van der Waals surface area contributed by atoms with Gasteiger partial charge >= 0.3 is 0 Å². The Morgan fingerprint density at radius 2 is 2.00 bits per heavy atom. The van der Waals surface area contributed by atoms with Crippen LogP contribution in [0.25, 0.3) is 5.03 Å². The summed E-state index contributed by atoms with van der Waals surface area (Å²) in [5, 5.41) is 10.0. The summed E-state index contributed by atoms with van der Waals surface area (Å²) in [5.74, 6) is 0. The highest BCUT2D eigenvalue weighted by Gasteiger charge is 2.07. The molecule has 0 unspecified atom stereocenters. The molecule has 0 aromatic heterocycles. The molecule has 14 heavy (non-hydrogen) atoms. The third-order valence-electron chi connectivity index (χ3n) is 1.66. The van der Waals surface area contributed by atoms with Gasteiger partial charge in [0.05, 0.1) is 11.1 Å². The average Bonchev–Trinajstić information content (AvgIpc) is 2.19. The molecule has 0 saturated carbocycles. The predicted octanol–water partition coefficient (Wildman–Crippen LogP) is 4.49. The van der Waals surface area contributed by atoms with Gasteiger partial charge in [-0.05, 0) is 25.1 Å². The molecule has 0 aliphatic carbocycles. The number of nitriles is 1. The maximum Gasteiger partial charge on any atom is 0.0959 e. The van der Waals surface area contributed by atoms with Gasteiger partial charge in [-0.2, -0.15) is 5.26 Å². The van der Waals surface area contributed by atoms with Gasteiger partial charge in [-0.3, -0.25) is 0 Å². The van der Waals surface area contributed by atoms with E-state index >= 15 is 0 Å². The molecule has 1 nitrogen and oxygen atoms in total. The number of benzene rings is 1. The molecule has 0 spiro atoms. The highest BCUT2D eigenvalue weighted by Crippen LogP contribution is 2.31. The second-order valence-electron chi connectivity index (χ2n) is 2.67. The molecule has 1 aromatic rings. The molecule has 0 atom stereocenters. The Morgan fingerprint density at radius 1 is 1.36 bits per heavy atom. The van der Waals surface area contributed by atoms with Crippen LogP contribution in [0.2, 0.25) is 10.0 Å². The lowest BCUT2D eigenvalue weighted by molar-refractivity contribution is 1.45. The lowest BCUT2D eigenvalue weighted by Crippen LogP contribution is -1.83. The van der Waals surface area contributed by atoms with E-state index in [4.69, 9.17) is 40.1 Å². The Hall–Kier alpha value is -0.680. The van der Waals surface area contributed by atoms with Gasteiger partial charge in [-0.1, -0.05) is 34.8 Å². The second-order valence-corrected chi connectivity index (χ2v) is 3.90. The van der Waals surface area contributed by atoms with Crippen molar-refractivity contribution in [1.29, 1.82) is 5.26 Å². The molecular formula is C10H6Cl3N. The Labute approximate surface area is 97.5 Å². The van der Waals surface area contributed by atoms with Crippen LogP contribution in [0.15, 0.2) is 23.8 Å². The maximum atomic E-state index is 8.66. The van der Waals surface area contributed by atoms with E-state index in [9.17, 15) is 0 Å². The Bertz CT molecular complexity index is 429. The molecule has 1 aromatic carbocycles. The number of rotatable bonds is 1. The van der Waals surface area contributed by atoms with E-state index in [1.807, 2.05) is 6.07 Å². The van der Waals surface area contributed by atoms with Crippen LogP contribution in [-0.2, 0) is 0 Å². The maximum absolute atomic E-state index is 8.66. The van der Waals surface area contributed by atoms with Crippen LogP contribution in [0, 0.1) is 11.3 Å². The van der Waals surface area contributed by atoms with Crippen molar-refractivity contribution in [3.8, 4) is 6.07 Å². The van der Waals surface area contributed by atoms with Crippen LogP contribution in [0.3, 0.4) is 0 Å². The monoisotopic (exact) mass is 245 g/mol. The van der Waals surface area contributed by atoms with Gasteiger partial charge < -0.3 is 0 Å². The van der Waals surface area contributed by atoms with E-state index in [1.165, 1.54) is 0 Å². The Morgan fingerprint density at radius 3 is 2.57 bits per heavy atom. The lowest BCUT2D eigenvalue weighted by Gasteiger charge is -2.03. The quantitative estimate of drug-likeness (QED) is 0.670. The fraction of sp³-hybridized carbons (Fsp3) is 0.100. The molecule has 0 aliphatic rings. The van der Waals surface area contributed by atoms with Crippen LogP contribution in [0.1, 0.15) is 12.5 Å². The predicted molar refractivity (Wildman–Crippen MR) is 60.5 cm³/mol. The van der Waals surface area contributed by atoms with E-state index in [2.05, 4.69) is 0 Å². The summed E-state index contributed by atoms with van der Waals surface area (Å²) in [5.41, 5.74) is 0.996. The first-order valence-electron chi connectivity index (χ1n) is 3.78. The van der Waals surface area contributed by atoms with Crippen LogP contribution in [-0.4, -0.2) is 0 Å². The Kier molecular flexibility index (Phi) is 3.83. The van der Waals surface area contributed by atoms with Crippen molar-refractivity contribution in [1.82, 2.24) is 0 Å².